The van der Waals surface area contributed by atoms with Crippen LogP contribution in [0.1, 0.15) is 30.5 Å². The lowest BCUT2D eigenvalue weighted by Gasteiger charge is -2.20. The minimum Gasteiger partial charge on any atom is -0.496 e. The fourth-order valence-electron chi connectivity index (χ4n) is 3.01. The molecule has 0 saturated carbocycles. The Balaban J connectivity index is 1.72. The van der Waals surface area contributed by atoms with E-state index in [0.717, 1.165) is 22.6 Å². The van der Waals surface area contributed by atoms with Crippen molar-refractivity contribution in [3.8, 4) is 5.75 Å². The van der Waals surface area contributed by atoms with Gasteiger partial charge in [0.05, 0.1) is 18.6 Å². The number of rotatable bonds is 6. The summed E-state index contributed by atoms with van der Waals surface area (Å²) in [5, 5.41) is 3.44. The number of hydrogen-bond donors (Lipinski definition) is 1. The van der Waals surface area contributed by atoms with Crippen molar-refractivity contribution in [2.24, 2.45) is 0 Å². The monoisotopic (exact) mass is 361 g/mol. The Morgan fingerprint density at radius 1 is 1.36 bits per heavy atom. The number of nitrogens with one attached hydrogen (secondary N) is 1. The lowest BCUT2D eigenvalue weighted by molar-refractivity contribution is 0.405. The third-order valence-electron chi connectivity index (χ3n) is 4.43. The molecule has 2 aromatic rings. The molecule has 0 radical (unpaired) electrons. The van der Waals surface area contributed by atoms with Crippen molar-refractivity contribution in [3.63, 3.8) is 0 Å². The van der Waals surface area contributed by atoms with Gasteiger partial charge in [-0.15, -0.1) is 0 Å². The number of aromatic nitrogens is 1. The first kappa shape index (κ1) is 17.7. The highest BCUT2D eigenvalue weighted by Gasteiger charge is 2.28. The zero-order valence-electron chi connectivity index (χ0n) is 14.5. The Hall–Kier alpha value is -2.12. The van der Waals surface area contributed by atoms with Crippen LogP contribution in [-0.4, -0.2) is 32.8 Å². The van der Waals surface area contributed by atoms with E-state index < -0.39 is 10.0 Å². The fourth-order valence-corrected chi connectivity index (χ4v) is 4.56. The zero-order valence-corrected chi connectivity index (χ0v) is 15.3. The summed E-state index contributed by atoms with van der Waals surface area (Å²) in [5.41, 5.74) is 2.76. The van der Waals surface area contributed by atoms with E-state index in [-0.39, 0.29) is 11.8 Å². The van der Waals surface area contributed by atoms with Crippen LogP contribution in [0, 0.1) is 0 Å². The minimum absolute atomic E-state index is 0.0650. The third-order valence-corrected chi connectivity index (χ3v) is 6.30. The van der Waals surface area contributed by atoms with Gasteiger partial charge in [0.2, 0.25) is 10.0 Å². The quantitative estimate of drug-likeness (QED) is 0.856. The summed E-state index contributed by atoms with van der Waals surface area (Å²) >= 11 is 0. The maximum Gasteiger partial charge on any atom is 0.235 e. The summed E-state index contributed by atoms with van der Waals surface area (Å²) in [7, 11) is -1.52. The molecule has 1 saturated heterocycles. The molecule has 3 rings (SSSR count). The highest BCUT2D eigenvalue weighted by Crippen LogP contribution is 2.27. The fraction of sp³-hybridized carbons (Fsp3) is 0.389. The van der Waals surface area contributed by atoms with Gasteiger partial charge < -0.3 is 10.1 Å². The average Bonchev–Trinajstić information content (AvgIpc) is 2.99. The largest absolute Gasteiger partial charge is 0.496 e. The van der Waals surface area contributed by atoms with E-state index >= 15 is 0 Å². The van der Waals surface area contributed by atoms with E-state index in [9.17, 15) is 8.42 Å². The van der Waals surface area contributed by atoms with E-state index in [1.54, 1.807) is 19.5 Å². The molecule has 0 aliphatic carbocycles. The maximum absolute atomic E-state index is 12.1. The molecule has 7 heteroatoms. The van der Waals surface area contributed by atoms with Gasteiger partial charge in [-0.05, 0) is 37.1 Å². The van der Waals surface area contributed by atoms with Gasteiger partial charge in [0.1, 0.15) is 5.75 Å². The van der Waals surface area contributed by atoms with Crippen molar-refractivity contribution in [3.05, 3.63) is 53.9 Å². The number of hydrogen-bond acceptors (Lipinski definition) is 5. The molecule has 25 heavy (non-hydrogen) atoms. The molecular formula is C18H23N3O3S. The van der Waals surface area contributed by atoms with Crippen molar-refractivity contribution >= 4 is 15.7 Å². The normalized spacial score (nSPS) is 17.4. The summed E-state index contributed by atoms with van der Waals surface area (Å²) < 4.78 is 31.1. The summed E-state index contributed by atoms with van der Waals surface area (Å²) in [6.07, 6.45) is 4.17. The number of benzene rings is 1. The minimum atomic E-state index is -3.16. The number of ether oxygens (including phenoxy) is 1. The molecule has 134 valence electrons. The molecule has 1 aromatic heterocycles. The zero-order chi connectivity index (χ0) is 17.9. The first-order chi connectivity index (χ1) is 12.0. The van der Waals surface area contributed by atoms with E-state index in [1.165, 1.54) is 4.31 Å². The number of anilines is 1. The summed E-state index contributed by atoms with van der Waals surface area (Å²) in [5.74, 6) is 1.03. The molecular weight excluding hydrogens is 338 g/mol. The Labute approximate surface area is 148 Å². The third kappa shape index (κ3) is 3.93. The molecule has 1 N–H and O–H groups in total. The first-order valence-electron chi connectivity index (χ1n) is 8.32. The molecule has 0 spiro atoms. The van der Waals surface area contributed by atoms with Crippen molar-refractivity contribution in [1.82, 2.24) is 10.3 Å². The number of methoxy groups -OCH3 is 1. The van der Waals surface area contributed by atoms with Crippen LogP contribution in [0.15, 0.2) is 42.7 Å². The van der Waals surface area contributed by atoms with Crippen molar-refractivity contribution in [2.75, 3.05) is 23.7 Å². The maximum atomic E-state index is 12.1. The molecule has 1 fully saturated rings. The Bertz CT molecular complexity index is 839. The van der Waals surface area contributed by atoms with E-state index in [1.807, 2.05) is 30.3 Å². The molecule has 1 atom stereocenters. The van der Waals surface area contributed by atoms with Crippen LogP contribution in [0.2, 0.25) is 0 Å². The van der Waals surface area contributed by atoms with Gasteiger partial charge in [-0.25, -0.2) is 8.42 Å². The number of pyridine rings is 1. The lowest BCUT2D eigenvalue weighted by atomic mass is 10.1. The first-order valence-corrected chi connectivity index (χ1v) is 9.93. The summed E-state index contributed by atoms with van der Waals surface area (Å²) in [6.45, 7) is 3.23. The summed E-state index contributed by atoms with van der Waals surface area (Å²) in [6, 6.07) is 9.60. The van der Waals surface area contributed by atoms with E-state index in [2.05, 4.69) is 17.2 Å². The van der Waals surface area contributed by atoms with Gasteiger partial charge in [0.25, 0.3) is 0 Å². The van der Waals surface area contributed by atoms with Crippen molar-refractivity contribution in [2.45, 2.75) is 25.9 Å². The second-order valence-corrected chi connectivity index (χ2v) is 8.14. The molecule has 2 heterocycles. The molecule has 6 nitrogen and oxygen atoms in total. The lowest BCUT2D eigenvalue weighted by Crippen LogP contribution is -2.25. The van der Waals surface area contributed by atoms with Crippen LogP contribution in [0.25, 0.3) is 0 Å². The van der Waals surface area contributed by atoms with Gasteiger partial charge in [0.15, 0.2) is 0 Å². The van der Waals surface area contributed by atoms with Crippen LogP contribution in [0.5, 0.6) is 5.75 Å². The van der Waals surface area contributed by atoms with Crippen LogP contribution < -0.4 is 14.4 Å². The smallest absolute Gasteiger partial charge is 0.235 e. The Kier molecular flexibility index (Phi) is 5.24. The van der Waals surface area contributed by atoms with E-state index in [4.69, 9.17) is 4.74 Å². The van der Waals surface area contributed by atoms with Gasteiger partial charge in [0, 0.05) is 37.1 Å². The second kappa shape index (κ2) is 7.41. The van der Waals surface area contributed by atoms with Crippen molar-refractivity contribution < 1.29 is 13.2 Å². The summed E-state index contributed by atoms with van der Waals surface area (Å²) in [4.78, 5) is 4.13. The Morgan fingerprint density at radius 3 is 2.92 bits per heavy atom. The molecule has 0 amide bonds. The van der Waals surface area contributed by atoms with Gasteiger partial charge >= 0.3 is 0 Å². The molecule has 1 aliphatic heterocycles. The highest BCUT2D eigenvalue weighted by molar-refractivity contribution is 7.93. The van der Waals surface area contributed by atoms with E-state index in [0.29, 0.717) is 19.5 Å². The topological polar surface area (TPSA) is 71.5 Å². The number of sulfonamides is 1. The average molecular weight is 361 g/mol. The molecule has 1 aromatic carbocycles. The number of nitrogens with zero attached hydrogens (tertiary/aromatic N) is 2. The predicted octanol–water partition coefficient (Wildman–Crippen LogP) is 2.48. The Morgan fingerprint density at radius 2 is 2.20 bits per heavy atom. The van der Waals surface area contributed by atoms with Crippen molar-refractivity contribution in [1.29, 1.82) is 0 Å². The van der Waals surface area contributed by atoms with Gasteiger partial charge in [-0.1, -0.05) is 12.1 Å². The standard InChI is InChI=1S/C18H23N3O3S/c1-14(20-13-16-12-19-8-7-18(16)24-2)15-5-3-6-17(11-15)21-9-4-10-25(21,22)23/h3,5-8,11-12,14,20H,4,9-10,13H2,1-2H3. The molecule has 1 unspecified atom stereocenters. The van der Waals surface area contributed by atoms with Crippen LogP contribution in [-0.2, 0) is 16.6 Å². The molecule has 1 aliphatic rings. The highest BCUT2D eigenvalue weighted by atomic mass is 32.2. The van der Waals surface area contributed by atoms with Gasteiger partial charge in [-0.2, -0.15) is 0 Å². The second-order valence-electron chi connectivity index (χ2n) is 6.13. The van der Waals surface area contributed by atoms with Crippen LogP contribution in [0.3, 0.4) is 0 Å². The van der Waals surface area contributed by atoms with Crippen LogP contribution >= 0.6 is 0 Å². The van der Waals surface area contributed by atoms with Crippen LogP contribution in [0.4, 0.5) is 5.69 Å². The molecule has 0 bridgehead atoms. The van der Waals surface area contributed by atoms with Gasteiger partial charge in [-0.3, -0.25) is 9.29 Å². The SMILES string of the molecule is COc1ccncc1CNC(C)c1cccc(N2CCCS2(=O)=O)c1. The predicted molar refractivity (Wildman–Crippen MR) is 98.2 cm³/mol.